The number of fused-ring (bicyclic) bond motifs is 4. The van der Waals surface area contributed by atoms with E-state index in [1.54, 1.807) is 7.11 Å². The molecule has 2 bridgehead atoms. The Labute approximate surface area is 153 Å². The van der Waals surface area contributed by atoms with Crippen molar-refractivity contribution in [2.24, 2.45) is 0 Å². The first-order valence-electron chi connectivity index (χ1n) is 8.62. The number of benzene rings is 2. The summed E-state index contributed by atoms with van der Waals surface area (Å²) < 4.78 is 12.1. The summed E-state index contributed by atoms with van der Waals surface area (Å²) in [6, 6.07) is 14.5. The molecule has 5 heteroatoms. The second-order valence-electron chi connectivity index (χ2n) is 6.68. The zero-order chi connectivity index (χ0) is 17.6. The largest absolute Gasteiger partial charge is 0.493 e. The van der Waals surface area contributed by atoms with E-state index in [1.807, 2.05) is 18.2 Å². The second kappa shape index (κ2) is 5.92. The number of aryl methyl sites for hydroxylation is 1. The first-order chi connectivity index (χ1) is 12.1. The molecule has 0 aromatic heterocycles. The van der Waals surface area contributed by atoms with Gasteiger partial charge in [-0.15, -0.1) is 0 Å². The van der Waals surface area contributed by atoms with Crippen LogP contribution in [0.4, 0.5) is 5.69 Å². The van der Waals surface area contributed by atoms with Crippen LogP contribution in [0.3, 0.4) is 0 Å². The summed E-state index contributed by atoms with van der Waals surface area (Å²) in [5, 5.41) is 4.20. The minimum absolute atomic E-state index is 0.126. The Balaban J connectivity index is 1.84. The lowest BCUT2D eigenvalue weighted by Crippen LogP contribution is -2.65. The monoisotopic (exact) mass is 354 g/mol. The fourth-order valence-corrected chi connectivity index (χ4v) is 4.35. The Morgan fingerprint density at radius 2 is 2.08 bits per heavy atom. The van der Waals surface area contributed by atoms with Crippen LogP contribution in [0.25, 0.3) is 0 Å². The standard InChI is InChI=1S/C20H22N2O2S/c1-4-13-8-5-6-10-16(13)22-19(25)21-15-12-20(22,2)24-18-14(15)9-7-11-17(18)23-3/h5-11,15H,4,12H2,1-3H3,(H,21,25). The second-order valence-corrected chi connectivity index (χ2v) is 7.07. The van der Waals surface area contributed by atoms with Crippen LogP contribution in [0, 0.1) is 0 Å². The van der Waals surface area contributed by atoms with Gasteiger partial charge in [-0.3, -0.25) is 4.90 Å². The van der Waals surface area contributed by atoms with E-state index < -0.39 is 5.72 Å². The number of hydrogen-bond donors (Lipinski definition) is 1. The first-order valence-corrected chi connectivity index (χ1v) is 9.02. The van der Waals surface area contributed by atoms with Crippen molar-refractivity contribution in [1.82, 2.24) is 5.32 Å². The van der Waals surface area contributed by atoms with E-state index in [1.165, 1.54) is 5.56 Å². The minimum Gasteiger partial charge on any atom is -0.493 e. The fourth-order valence-electron chi connectivity index (χ4n) is 3.91. The average molecular weight is 354 g/mol. The number of ether oxygens (including phenoxy) is 2. The van der Waals surface area contributed by atoms with Gasteiger partial charge in [0.05, 0.1) is 18.8 Å². The molecule has 4 rings (SSSR count). The highest BCUT2D eigenvalue weighted by Crippen LogP contribution is 2.49. The van der Waals surface area contributed by atoms with Gasteiger partial charge in [0.1, 0.15) is 0 Å². The van der Waals surface area contributed by atoms with Gasteiger partial charge >= 0.3 is 0 Å². The van der Waals surface area contributed by atoms with Crippen LogP contribution in [0.1, 0.15) is 37.4 Å². The van der Waals surface area contributed by atoms with Gasteiger partial charge in [0.25, 0.3) is 0 Å². The van der Waals surface area contributed by atoms with Crippen LogP contribution in [0.2, 0.25) is 0 Å². The maximum Gasteiger partial charge on any atom is 0.188 e. The summed E-state index contributed by atoms with van der Waals surface area (Å²) in [6.45, 7) is 4.26. The quantitative estimate of drug-likeness (QED) is 0.836. The Bertz CT molecular complexity index is 838. The number of methoxy groups -OCH3 is 1. The zero-order valence-corrected chi connectivity index (χ0v) is 15.5. The van der Waals surface area contributed by atoms with Crippen LogP contribution in [0.15, 0.2) is 42.5 Å². The van der Waals surface area contributed by atoms with Crippen molar-refractivity contribution in [3.8, 4) is 11.5 Å². The Morgan fingerprint density at radius 3 is 2.84 bits per heavy atom. The summed E-state index contributed by atoms with van der Waals surface area (Å²) >= 11 is 5.74. The molecule has 2 atom stereocenters. The number of thiocarbonyl (C=S) groups is 1. The third-order valence-electron chi connectivity index (χ3n) is 5.10. The summed E-state index contributed by atoms with van der Waals surface area (Å²) in [4.78, 5) is 2.12. The molecule has 2 aliphatic heterocycles. The highest BCUT2D eigenvalue weighted by atomic mass is 32.1. The van der Waals surface area contributed by atoms with Crippen LogP contribution in [-0.4, -0.2) is 17.9 Å². The van der Waals surface area contributed by atoms with E-state index >= 15 is 0 Å². The van der Waals surface area contributed by atoms with Crippen molar-refractivity contribution < 1.29 is 9.47 Å². The smallest absolute Gasteiger partial charge is 0.188 e. The van der Waals surface area contributed by atoms with E-state index in [9.17, 15) is 0 Å². The molecular weight excluding hydrogens is 332 g/mol. The van der Waals surface area contributed by atoms with E-state index in [0.717, 1.165) is 35.6 Å². The van der Waals surface area contributed by atoms with Crippen molar-refractivity contribution >= 4 is 23.0 Å². The fraction of sp³-hybridized carbons (Fsp3) is 0.350. The SMILES string of the molecule is CCc1ccccc1N1C(=S)NC2CC1(C)Oc1c(OC)cccc12. The summed E-state index contributed by atoms with van der Waals surface area (Å²) in [6.07, 6.45) is 1.75. The van der Waals surface area contributed by atoms with Gasteiger partial charge in [0, 0.05) is 12.0 Å². The van der Waals surface area contributed by atoms with E-state index in [4.69, 9.17) is 21.7 Å². The van der Waals surface area contributed by atoms with Gasteiger partial charge in [0.15, 0.2) is 22.3 Å². The number of anilines is 1. The Kier molecular flexibility index (Phi) is 3.84. The van der Waals surface area contributed by atoms with Gasteiger partial charge in [0.2, 0.25) is 0 Å². The molecule has 0 amide bonds. The molecule has 1 saturated heterocycles. The Morgan fingerprint density at radius 1 is 1.28 bits per heavy atom. The van der Waals surface area contributed by atoms with Crippen molar-refractivity contribution in [3.05, 3.63) is 53.6 Å². The predicted octanol–water partition coefficient (Wildman–Crippen LogP) is 4.19. The van der Waals surface area contributed by atoms with Gasteiger partial charge in [-0.2, -0.15) is 0 Å². The number of rotatable bonds is 3. The highest BCUT2D eigenvalue weighted by Gasteiger charge is 2.49. The zero-order valence-electron chi connectivity index (χ0n) is 14.7. The lowest BCUT2D eigenvalue weighted by molar-refractivity contribution is 0.0463. The predicted molar refractivity (Wildman–Crippen MR) is 103 cm³/mol. The summed E-state index contributed by atoms with van der Waals surface area (Å²) in [5.41, 5.74) is 2.89. The van der Waals surface area contributed by atoms with Crippen molar-refractivity contribution in [2.45, 2.75) is 38.5 Å². The topological polar surface area (TPSA) is 33.7 Å². The molecule has 4 nitrogen and oxygen atoms in total. The van der Waals surface area contributed by atoms with Crippen molar-refractivity contribution in [2.75, 3.05) is 12.0 Å². The molecule has 0 radical (unpaired) electrons. The number of hydrogen-bond acceptors (Lipinski definition) is 3. The highest BCUT2D eigenvalue weighted by molar-refractivity contribution is 7.80. The first kappa shape index (κ1) is 16.2. The molecule has 2 aliphatic rings. The molecule has 0 aliphatic carbocycles. The number of nitrogens with zero attached hydrogens (tertiary/aromatic N) is 1. The average Bonchev–Trinajstić information content (AvgIpc) is 2.61. The van der Waals surface area contributed by atoms with Crippen molar-refractivity contribution in [1.29, 1.82) is 0 Å². The number of para-hydroxylation sites is 2. The molecule has 0 saturated carbocycles. The normalized spacial score (nSPS) is 24.2. The molecule has 0 spiro atoms. The maximum absolute atomic E-state index is 6.52. The van der Waals surface area contributed by atoms with Gasteiger partial charge in [-0.1, -0.05) is 37.3 Å². The van der Waals surface area contributed by atoms with Crippen LogP contribution in [-0.2, 0) is 6.42 Å². The van der Waals surface area contributed by atoms with Crippen LogP contribution >= 0.6 is 12.2 Å². The van der Waals surface area contributed by atoms with Crippen molar-refractivity contribution in [3.63, 3.8) is 0 Å². The molecule has 1 N–H and O–H groups in total. The third-order valence-corrected chi connectivity index (χ3v) is 5.40. The lowest BCUT2D eigenvalue weighted by Gasteiger charge is -2.52. The molecule has 2 aromatic carbocycles. The molecular formula is C20H22N2O2S. The van der Waals surface area contributed by atoms with Crippen LogP contribution in [0.5, 0.6) is 11.5 Å². The Hall–Kier alpha value is -2.27. The maximum atomic E-state index is 6.52. The summed E-state index contributed by atoms with van der Waals surface area (Å²) in [7, 11) is 1.67. The molecule has 25 heavy (non-hydrogen) atoms. The third kappa shape index (κ3) is 2.45. The molecule has 2 aromatic rings. The van der Waals surface area contributed by atoms with E-state index in [-0.39, 0.29) is 6.04 Å². The number of nitrogens with one attached hydrogen (secondary N) is 1. The molecule has 130 valence electrons. The van der Waals surface area contributed by atoms with Gasteiger partial charge < -0.3 is 14.8 Å². The lowest BCUT2D eigenvalue weighted by atomic mass is 9.89. The summed E-state index contributed by atoms with van der Waals surface area (Å²) in [5.74, 6) is 1.56. The molecule has 2 heterocycles. The van der Waals surface area contributed by atoms with Gasteiger partial charge in [-0.05, 0) is 43.3 Å². The van der Waals surface area contributed by atoms with Crippen LogP contribution < -0.4 is 19.7 Å². The van der Waals surface area contributed by atoms with E-state index in [0.29, 0.717) is 5.11 Å². The van der Waals surface area contributed by atoms with Gasteiger partial charge in [-0.25, -0.2) is 0 Å². The van der Waals surface area contributed by atoms with E-state index in [2.05, 4.69) is 48.3 Å². The molecule has 1 fully saturated rings. The minimum atomic E-state index is -0.556. The molecule has 2 unspecified atom stereocenters.